The number of benzene rings is 1. The molecule has 156 valence electrons. The topological polar surface area (TPSA) is 119 Å². The summed E-state index contributed by atoms with van der Waals surface area (Å²) >= 11 is 0. The molecule has 1 unspecified atom stereocenters. The predicted octanol–water partition coefficient (Wildman–Crippen LogP) is 1.96. The third-order valence-electron chi connectivity index (χ3n) is 4.28. The van der Waals surface area contributed by atoms with Gasteiger partial charge in [-0.2, -0.15) is 13.2 Å². The van der Waals surface area contributed by atoms with Crippen LogP contribution in [0.1, 0.15) is 28.8 Å². The van der Waals surface area contributed by atoms with E-state index in [0.29, 0.717) is 25.0 Å². The number of likely N-dealkylation sites (tertiary alicyclic amines) is 1. The van der Waals surface area contributed by atoms with E-state index < -0.39 is 39.7 Å². The molecule has 1 aliphatic rings. The number of hydrogen-bond acceptors (Lipinski definition) is 5. The van der Waals surface area contributed by atoms with E-state index >= 15 is 0 Å². The highest BCUT2D eigenvalue weighted by Gasteiger charge is 2.36. The molecule has 1 fully saturated rings. The first-order chi connectivity index (χ1) is 12.6. The van der Waals surface area contributed by atoms with Crippen LogP contribution in [0.2, 0.25) is 0 Å². The van der Waals surface area contributed by atoms with Gasteiger partial charge in [-0.15, -0.1) is 12.4 Å². The van der Waals surface area contributed by atoms with Crippen molar-refractivity contribution in [1.29, 1.82) is 0 Å². The summed E-state index contributed by atoms with van der Waals surface area (Å²) in [5.41, 5.74) is 2.77. The molecule has 2 rings (SSSR count). The minimum absolute atomic E-state index is 0. The van der Waals surface area contributed by atoms with Gasteiger partial charge >= 0.3 is 6.18 Å². The molecule has 28 heavy (non-hydrogen) atoms. The fraction of sp³-hybridized carbons (Fsp3) is 0.500. The number of nitrogens with zero attached hydrogens (tertiary/aromatic N) is 2. The molecule has 1 aliphatic heterocycles. The smallest absolute Gasteiger partial charge is 0.355 e. The number of hydrogen-bond donors (Lipinski definition) is 2. The number of piperidine rings is 1. The van der Waals surface area contributed by atoms with E-state index in [1.54, 1.807) is 0 Å². The maximum Gasteiger partial charge on any atom is 0.416 e. The zero-order valence-electron chi connectivity index (χ0n) is 14.7. The van der Waals surface area contributed by atoms with Crippen molar-refractivity contribution in [3.8, 4) is 0 Å². The number of nitro benzene ring substituents is 1. The van der Waals surface area contributed by atoms with E-state index in [0.717, 1.165) is 6.07 Å². The van der Waals surface area contributed by atoms with Crippen LogP contribution >= 0.6 is 12.4 Å². The second kappa shape index (κ2) is 9.69. The summed E-state index contributed by atoms with van der Waals surface area (Å²) in [6.07, 6.45) is -3.72. The van der Waals surface area contributed by atoms with Crippen LogP contribution in [0.5, 0.6) is 0 Å². The minimum Gasteiger partial charge on any atom is -0.355 e. The average molecular weight is 425 g/mol. The molecule has 0 bridgehead atoms. The Kier molecular flexibility index (Phi) is 8.18. The number of amides is 2. The summed E-state index contributed by atoms with van der Waals surface area (Å²) in [7, 11) is 0. The Morgan fingerprint density at radius 1 is 1.36 bits per heavy atom. The summed E-state index contributed by atoms with van der Waals surface area (Å²) in [5.74, 6) is -1.55. The number of nitrogens with two attached hydrogens (primary N) is 1. The number of alkyl halides is 3. The lowest BCUT2D eigenvalue weighted by Gasteiger charge is -2.32. The number of nitrogens with one attached hydrogen (secondary N) is 1. The molecule has 1 aromatic carbocycles. The van der Waals surface area contributed by atoms with Crippen molar-refractivity contribution in [2.75, 3.05) is 26.2 Å². The molecule has 1 saturated heterocycles. The van der Waals surface area contributed by atoms with Crippen molar-refractivity contribution in [3.63, 3.8) is 0 Å². The van der Waals surface area contributed by atoms with Crippen molar-refractivity contribution < 1.29 is 27.7 Å². The quantitative estimate of drug-likeness (QED) is 0.553. The highest BCUT2D eigenvalue weighted by molar-refractivity contribution is 5.98. The zero-order valence-corrected chi connectivity index (χ0v) is 15.5. The molecule has 0 saturated carbocycles. The summed E-state index contributed by atoms with van der Waals surface area (Å²) in [6, 6.07) is 1.79. The predicted molar refractivity (Wildman–Crippen MR) is 96.0 cm³/mol. The lowest BCUT2D eigenvalue weighted by molar-refractivity contribution is -0.385. The Morgan fingerprint density at radius 3 is 2.61 bits per heavy atom. The highest BCUT2D eigenvalue weighted by Crippen LogP contribution is 2.33. The van der Waals surface area contributed by atoms with E-state index in [-0.39, 0.29) is 44.5 Å². The zero-order chi connectivity index (χ0) is 20.2. The summed E-state index contributed by atoms with van der Waals surface area (Å²) < 4.78 is 38.4. The molecule has 0 spiro atoms. The van der Waals surface area contributed by atoms with Gasteiger partial charge in [0.1, 0.15) is 5.56 Å². The van der Waals surface area contributed by atoms with Crippen molar-refractivity contribution in [2.45, 2.75) is 19.0 Å². The van der Waals surface area contributed by atoms with E-state index in [9.17, 15) is 32.9 Å². The van der Waals surface area contributed by atoms with E-state index in [1.807, 2.05) is 0 Å². The number of nitro groups is 1. The first kappa shape index (κ1) is 23.6. The van der Waals surface area contributed by atoms with Crippen molar-refractivity contribution in [3.05, 3.63) is 39.4 Å². The van der Waals surface area contributed by atoms with Crippen molar-refractivity contribution in [1.82, 2.24) is 10.2 Å². The lowest BCUT2D eigenvalue weighted by Crippen LogP contribution is -2.46. The van der Waals surface area contributed by atoms with Gasteiger partial charge in [-0.1, -0.05) is 0 Å². The average Bonchev–Trinajstić information content (AvgIpc) is 2.64. The Bertz CT molecular complexity index is 745. The SMILES string of the molecule is Cl.NCCNC(=O)C1CCCN(C(=O)c2ccc(C(F)(F)F)cc2[N+](=O)[O-])C1. The van der Waals surface area contributed by atoms with Crippen LogP contribution in [-0.4, -0.2) is 47.8 Å². The lowest BCUT2D eigenvalue weighted by atomic mass is 9.96. The molecule has 1 aromatic rings. The number of rotatable bonds is 5. The van der Waals surface area contributed by atoms with Gasteiger partial charge in [0.05, 0.1) is 16.4 Å². The molecule has 12 heteroatoms. The van der Waals surface area contributed by atoms with Gasteiger partial charge in [0.25, 0.3) is 11.6 Å². The molecule has 2 amide bonds. The van der Waals surface area contributed by atoms with Crippen LogP contribution in [-0.2, 0) is 11.0 Å². The van der Waals surface area contributed by atoms with Crippen LogP contribution in [0.3, 0.4) is 0 Å². The molecule has 1 heterocycles. The largest absolute Gasteiger partial charge is 0.416 e. The maximum absolute atomic E-state index is 12.8. The summed E-state index contributed by atoms with van der Waals surface area (Å²) in [4.78, 5) is 36.1. The van der Waals surface area contributed by atoms with E-state index in [4.69, 9.17) is 5.73 Å². The fourth-order valence-corrected chi connectivity index (χ4v) is 2.93. The van der Waals surface area contributed by atoms with Crippen molar-refractivity contribution >= 4 is 29.9 Å². The molecule has 8 nitrogen and oxygen atoms in total. The van der Waals surface area contributed by atoms with E-state index in [1.165, 1.54) is 4.90 Å². The number of carbonyl (C=O) groups is 2. The Balaban J connectivity index is 0.00000392. The van der Waals surface area contributed by atoms with Crippen LogP contribution in [0.4, 0.5) is 18.9 Å². The third kappa shape index (κ3) is 5.55. The molecule has 3 N–H and O–H groups in total. The Labute approximate surface area is 164 Å². The number of halogens is 4. The first-order valence-corrected chi connectivity index (χ1v) is 8.28. The van der Waals surface area contributed by atoms with Gasteiger partial charge in [-0.3, -0.25) is 19.7 Å². The van der Waals surface area contributed by atoms with Gasteiger partial charge in [0.2, 0.25) is 5.91 Å². The fourth-order valence-electron chi connectivity index (χ4n) is 2.93. The molecular formula is C16H20ClF3N4O4. The second-order valence-electron chi connectivity index (χ2n) is 6.16. The van der Waals surface area contributed by atoms with Crippen LogP contribution in [0.15, 0.2) is 18.2 Å². The summed E-state index contributed by atoms with van der Waals surface area (Å²) in [5, 5.41) is 13.8. The summed E-state index contributed by atoms with van der Waals surface area (Å²) in [6.45, 7) is 0.845. The van der Waals surface area contributed by atoms with Gasteiger partial charge in [-0.25, -0.2) is 0 Å². The van der Waals surface area contributed by atoms with Crippen LogP contribution in [0.25, 0.3) is 0 Å². The third-order valence-corrected chi connectivity index (χ3v) is 4.28. The van der Waals surface area contributed by atoms with E-state index in [2.05, 4.69) is 5.32 Å². The van der Waals surface area contributed by atoms with Crippen LogP contribution in [0, 0.1) is 16.0 Å². The van der Waals surface area contributed by atoms with Crippen LogP contribution < -0.4 is 11.1 Å². The van der Waals surface area contributed by atoms with Crippen molar-refractivity contribution in [2.24, 2.45) is 11.7 Å². The molecule has 0 aliphatic carbocycles. The first-order valence-electron chi connectivity index (χ1n) is 8.28. The Hall–Kier alpha value is -2.40. The highest BCUT2D eigenvalue weighted by atomic mass is 35.5. The van der Waals surface area contributed by atoms with Gasteiger partial charge < -0.3 is 16.0 Å². The molecule has 0 radical (unpaired) electrons. The normalized spacial score (nSPS) is 16.9. The van der Waals surface area contributed by atoms with Gasteiger partial charge in [0, 0.05) is 32.2 Å². The standard InChI is InChI=1S/C16H19F3N4O4.ClH/c17-16(18,19)11-3-4-12(13(8-11)23(26)27)15(25)22-7-1-2-10(9-22)14(24)21-6-5-20;/h3-4,8,10H,1-2,5-7,9,20H2,(H,21,24);1H. The Morgan fingerprint density at radius 2 is 2.04 bits per heavy atom. The molecule has 1 atom stereocenters. The minimum atomic E-state index is -4.76. The second-order valence-corrected chi connectivity index (χ2v) is 6.16. The van der Waals surface area contributed by atoms with Gasteiger partial charge in [0.15, 0.2) is 0 Å². The van der Waals surface area contributed by atoms with Gasteiger partial charge in [-0.05, 0) is 25.0 Å². The molecule has 0 aromatic heterocycles. The number of carbonyl (C=O) groups excluding carboxylic acids is 2. The maximum atomic E-state index is 12.8. The molecular weight excluding hydrogens is 405 g/mol. The monoisotopic (exact) mass is 424 g/mol.